The number of carbonyl (C=O) groups excluding carboxylic acids is 2. The summed E-state index contributed by atoms with van der Waals surface area (Å²) in [5, 5.41) is 0. The lowest BCUT2D eigenvalue weighted by Gasteiger charge is -2.33. The van der Waals surface area contributed by atoms with E-state index in [2.05, 4.69) is 10.9 Å². The summed E-state index contributed by atoms with van der Waals surface area (Å²) in [6, 6.07) is 6.94. The SMILES string of the molecule is COC1CCCN(C(=O)C2CC(COc3cccc(C(C)=O)c3)NN2)C1. The van der Waals surface area contributed by atoms with Crippen LogP contribution in [-0.2, 0) is 9.53 Å². The minimum atomic E-state index is -0.247. The molecule has 26 heavy (non-hydrogen) atoms. The van der Waals surface area contributed by atoms with Crippen molar-refractivity contribution in [3.05, 3.63) is 29.8 Å². The molecule has 3 atom stereocenters. The number of Topliss-reactive ketones (excluding diaryl/α,β-unsaturated/α-hetero) is 1. The highest BCUT2D eigenvalue weighted by molar-refractivity contribution is 5.94. The molecule has 0 aromatic heterocycles. The van der Waals surface area contributed by atoms with E-state index in [4.69, 9.17) is 9.47 Å². The van der Waals surface area contributed by atoms with Crippen molar-refractivity contribution >= 4 is 11.7 Å². The van der Waals surface area contributed by atoms with Crippen molar-refractivity contribution in [3.8, 4) is 5.75 Å². The zero-order valence-corrected chi connectivity index (χ0v) is 15.4. The predicted molar refractivity (Wildman–Crippen MR) is 97.0 cm³/mol. The molecule has 3 rings (SSSR count). The van der Waals surface area contributed by atoms with Crippen molar-refractivity contribution in [2.45, 2.75) is 44.4 Å². The summed E-state index contributed by atoms with van der Waals surface area (Å²) in [6.45, 7) is 3.41. The van der Waals surface area contributed by atoms with Gasteiger partial charge in [-0.1, -0.05) is 12.1 Å². The molecular formula is C19H27N3O4. The van der Waals surface area contributed by atoms with E-state index in [-0.39, 0.29) is 29.9 Å². The number of carbonyl (C=O) groups is 2. The first kappa shape index (κ1) is 18.8. The Kier molecular flexibility index (Phi) is 6.24. The van der Waals surface area contributed by atoms with Crippen molar-refractivity contribution in [3.63, 3.8) is 0 Å². The van der Waals surface area contributed by atoms with Gasteiger partial charge in [0.05, 0.1) is 12.1 Å². The molecule has 0 radical (unpaired) electrons. The number of piperidine rings is 1. The lowest BCUT2D eigenvalue weighted by molar-refractivity contribution is -0.136. The number of methoxy groups -OCH3 is 1. The summed E-state index contributed by atoms with van der Waals surface area (Å²) in [5.74, 6) is 0.784. The first-order chi connectivity index (χ1) is 12.6. The van der Waals surface area contributed by atoms with Crippen LogP contribution < -0.4 is 15.6 Å². The van der Waals surface area contributed by atoms with Gasteiger partial charge < -0.3 is 14.4 Å². The zero-order valence-electron chi connectivity index (χ0n) is 15.4. The summed E-state index contributed by atoms with van der Waals surface area (Å²) in [6.07, 6.45) is 2.78. The van der Waals surface area contributed by atoms with Crippen LogP contribution in [0.2, 0.25) is 0 Å². The number of nitrogens with zero attached hydrogens (tertiary/aromatic N) is 1. The van der Waals surface area contributed by atoms with E-state index in [1.807, 2.05) is 11.0 Å². The molecule has 0 saturated carbocycles. The average Bonchev–Trinajstić information content (AvgIpc) is 3.15. The highest BCUT2D eigenvalue weighted by atomic mass is 16.5. The van der Waals surface area contributed by atoms with E-state index in [0.29, 0.717) is 30.9 Å². The zero-order chi connectivity index (χ0) is 18.5. The first-order valence-electron chi connectivity index (χ1n) is 9.13. The van der Waals surface area contributed by atoms with Crippen LogP contribution in [-0.4, -0.2) is 61.6 Å². The quantitative estimate of drug-likeness (QED) is 0.740. The third-order valence-electron chi connectivity index (χ3n) is 4.99. The molecule has 3 unspecified atom stereocenters. The Bertz CT molecular complexity index is 651. The summed E-state index contributed by atoms with van der Waals surface area (Å²) in [5.41, 5.74) is 6.86. The van der Waals surface area contributed by atoms with Crippen molar-refractivity contribution < 1.29 is 19.1 Å². The second kappa shape index (κ2) is 8.62. The van der Waals surface area contributed by atoms with E-state index in [9.17, 15) is 9.59 Å². The van der Waals surface area contributed by atoms with E-state index in [0.717, 1.165) is 19.4 Å². The van der Waals surface area contributed by atoms with Crippen LogP contribution >= 0.6 is 0 Å². The molecule has 2 fully saturated rings. The van der Waals surface area contributed by atoms with Crippen LogP contribution in [0.15, 0.2) is 24.3 Å². The van der Waals surface area contributed by atoms with Gasteiger partial charge in [0.1, 0.15) is 18.4 Å². The fourth-order valence-electron chi connectivity index (χ4n) is 3.45. The Balaban J connectivity index is 1.48. The normalized spacial score (nSPS) is 25.9. The molecule has 142 valence electrons. The topological polar surface area (TPSA) is 79.9 Å². The second-order valence-corrected chi connectivity index (χ2v) is 6.95. The third kappa shape index (κ3) is 4.60. The van der Waals surface area contributed by atoms with Crippen LogP contribution in [0.25, 0.3) is 0 Å². The van der Waals surface area contributed by atoms with Crippen LogP contribution in [0.4, 0.5) is 0 Å². The Morgan fingerprint density at radius 1 is 1.31 bits per heavy atom. The Labute approximate surface area is 154 Å². The van der Waals surface area contributed by atoms with Gasteiger partial charge in [-0.15, -0.1) is 0 Å². The molecule has 1 aromatic rings. The van der Waals surface area contributed by atoms with E-state index >= 15 is 0 Å². The Hall–Kier alpha value is -1.96. The monoisotopic (exact) mass is 361 g/mol. The van der Waals surface area contributed by atoms with Gasteiger partial charge in [-0.2, -0.15) is 0 Å². The number of benzene rings is 1. The summed E-state index contributed by atoms with van der Waals surface area (Å²) >= 11 is 0. The highest BCUT2D eigenvalue weighted by Gasteiger charge is 2.34. The molecule has 7 nitrogen and oxygen atoms in total. The molecule has 2 aliphatic rings. The molecule has 2 N–H and O–H groups in total. The Morgan fingerprint density at radius 3 is 2.92 bits per heavy atom. The number of hydrogen-bond acceptors (Lipinski definition) is 6. The molecule has 0 bridgehead atoms. The number of nitrogens with one attached hydrogen (secondary N) is 2. The maximum Gasteiger partial charge on any atom is 0.241 e. The van der Waals surface area contributed by atoms with Gasteiger partial charge in [-0.3, -0.25) is 15.0 Å². The second-order valence-electron chi connectivity index (χ2n) is 6.95. The Morgan fingerprint density at radius 2 is 2.15 bits per heavy atom. The maximum absolute atomic E-state index is 12.7. The van der Waals surface area contributed by atoms with Crippen molar-refractivity contribution in [1.82, 2.24) is 15.8 Å². The van der Waals surface area contributed by atoms with Gasteiger partial charge in [0.15, 0.2) is 5.78 Å². The van der Waals surface area contributed by atoms with Crippen molar-refractivity contribution in [2.24, 2.45) is 0 Å². The van der Waals surface area contributed by atoms with Gasteiger partial charge >= 0.3 is 0 Å². The molecule has 0 spiro atoms. The van der Waals surface area contributed by atoms with Gasteiger partial charge in [0, 0.05) is 25.8 Å². The fraction of sp³-hybridized carbons (Fsp3) is 0.579. The largest absolute Gasteiger partial charge is 0.492 e. The number of hydrogen-bond donors (Lipinski definition) is 2. The molecule has 0 aliphatic carbocycles. The minimum absolute atomic E-state index is 0.0117. The summed E-state index contributed by atoms with van der Waals surface area (Å²) < 4.78 is 11.2. The number of hydrazine groups is 1. The standard InChI is InChI=1S/C19H27N3O4/c1-13(23)14-5-3-6-16(9-14)26-12-15-10-18(21-20-15)19(24)22-8-4-7-17(11-22)25-2/h3,5-6,9,15,17-18,20-21H,4,7-8,10-12H2,1-2H3. The fourth-order valence-corrected chi connectivity index (χ4v) is 3.45. The minimum Gasteiger partial charge on any atom is -0.492 e. The van der Waals surface area contributed by atoms with Gasteiger partial charge in [-0.25, -0.2) is 5.43 Å². The number of ether oxygens (including phenoxy) is 2. The molecule has 2 heterocycles. The number of ketones is 1. The summed E-state index contributed by atoms with van der Waals surface area (Å²) in [7, 11) is 1.70. The van der Waals surface area contributed by atoms with E-state index in [1.54, 1.807) is 25.3 Å². The van der Waals surface area contributed by atoms with E-state index in [1.165, 1.54) is 6.92 Å². The van der Waals surface area contributed by atoms with Crippen molar-refractivity contribution in [1.29, 1.82) is 0 Å². The van der Waals surface area contributed by atoms with Gasteiger partial charge in [-0.05, 0) is 38.3 Å². The number of amides is 1. The first-order valence-corrected chi connectivity index (χ1v) is 9.13. The predicted octanol–water partition coefficient (Wildman–Crippen LogP) is 1.14. The van der Waals surface area contributed by atoms with Gasteiger partial charge in [0.2, 0.25) is 5.91 Å². The molecular weight excluding hydrogens is 334 g/mol. The van der Waals surface area contributed by atoms with Crippen LogP contribution in [0, 0.1) is 0 Å². The van der Waals surface area contributed by atoms with Gasteiger partial charge in [0.25, 0.3) is 0 Å². The lowest BCUT2D eigenvalue weighted by atomic mass is 10.1. The number of likely N-dealkylation sites (tertiary alicyclic amines) is 1. The summed E-state index contributed by atoms with van der Waals surface area (Å²) in [4.78, 5) is 26.0. The smallest absolute Gasteiger partial charge is 0.241 e. The van der Waals surface area contributed by atoms with Crippen LogP contribution in [0.1, 0.15) is 36.5 Å². The average molecular weight is 361 g/mol. The van der Waals surface area contributed by atoms with Crippen molar-refractivity contribution in [2.75, 3.05) is 26.8 Å². The third-order valence-corrected chi connectivity index (χ3v) is 4.99. The highest BCUT2D eigenvalue weighted by Crippen LogP contribution is 2.18. The van der Waals surface area contributed by atoms with E-state index < -0.39 is 0 Å². The molecule has 7 heteroatoms. The lowest BCUT2D eigenvalue weighted by Crippen LogP contribution is -2.50. The molecule has 1 amide bonds. The number of rotatable bonds is 6. The van der Waals surface area contributed by atoms with Crippen LogP contribution in [0.5, 0.6) is 5.75 Å². The molecule has 1 aromatic carbocycles. The molecule has 2 saturated heterocycles. The maximum atomic E-state index is 12.7. The molecule has 2 aliphatic heterocycles. The van der Waals surface area contributed by atoms with Crippen LogP contribution in [0.3, 0.4) is 0 Å².